The van der Waals surface area contributed by atoms with Gasteiger partial charge >= 0.3 is 12.2 Å². The maximum Gasteiger partial charge on any atom is 0.415 e. The van der Waals surface area contributed by atoms with Crippen LogP contribution < -0.4 is 30.5 Å². The van der Waals surface area contributed by atoms with Crippen molar-refractivity contribution < 1.29 is 86.2 Å². The molecule has 0 saturated heterocycles. The molecule has 9 amide bonds. The lowest BCUT2D eigenvalue weighted by atomic mass is 9.97. The molecule has 0 saturated carbocycles. The topological polar surface area (TPSA) is 300 Å². The number of imide groups is 1. The fourth-order valence-electron chi connectivity index (χ4n) is 11.0. The summed E-state index contributed by atoms with van der Waals surface area (Å²) in [5.41, 5.74) is 6.37. The number of benzene rings is 3. The number of thiophene rings is 2. The van der Waals surface area contributed by atoms with Crippen molar-refractivity contribution in [1.82, 2.24) is 25.3 Å². The van der Waals surface area contributed by atoms with Gasteiger partial charge in [-0.2, -0.15) is 0 Å². The molecule has 3 aliphatic rings. The van der Waals surface area contributed by atoms with Gasteiger partial charge in [0.25, 0.3) is 11.8 Å². The second-order valence-corrected chi connectivity index (χ2v) is 25.6. The van der Waals surface area contributed by atoms with Crippen LogP contribution >= 0.6 is 34.3 Å². The summed E-state index contributed by atoms with van der Waals surface area (Å²) >= 11 is 9.34. The molecule has 5 aromatic rings. The Kier molecular flexibility index (Phi) is 28.2. The van der Waals surface area contributed by atoms with Crippen molar-refractivity contribution in [2.75, 3.05) is 154 Å². The molecule has 2 atom stereocenters. The standard InChI is InChI=1S/C67H85ClN8O18S2/c1-42(2)62(71-53(78)17-22-87-24-26-89-28-30-91-32-33-92-31-29-90-27-25-88-23-21-75-57(82)14-15-58(75)83)65(84)69-37-54(79)70-47-12-10-45(11-13-47)39-93-66(85)72(5)19-20-73(6)67(86)94-52-35-49-48(59-43(3)40-96-64(52)59)16-18-74(49)55(80)8-7-9-56(81)76-38-46(36-68)61-50(76)34-51(77)63-60(61)44(4)41-95-63/h10-15,34-35,40-42,46,62,77H,7-9,16-33,36-39H2,1-6H3,(H,69,84)(H,70,79)(H,71,78)/t46-,62?/m1/s1. The second kappa shape index (κ2) is 36.5. The summed E-state index contributed by atoms with van der Waals surface area (Å²) in [7, 11) is 3.10. The van der Waals surface area contributed by atoms with Gasteiger partial charge in [-0.25, -0.2) is 9.59 Å². The number of carbonyl (C=O) groups excluding carboxylic acids is 9. The third-order valence-corrected chi connectivity index (χ3v) is 18.8. The molecule has 29 heteroatoms. The Bertz CT molecular complexity index is 3580. The first-order chi connectivity index (χ1) is 46.2. The third-order valence-electron chi connectivity index (χ3n) is 16.2. The predicted octanol–water partition coefficient (Wildman–Crippen LogP) is 7.18. The fraction of sp³-hybridized carbons (Fsp3) is 0.507. The summed E-state index contributed by atoms with van der Waals surface area (Å²) in [6.45, 7) is 12.1. The van der Waals surface area contributed by atoms with Gasteiger partial charge < -0.3 is 78.6 Å². The zero-order valence-corrected chi connectivity index (χ0v) is 57.4. The van der Waals surface area contributed by atoms with Crippen LogP contribution in [0.1, 0.15) is 73.3 Å². The molecule has 3 aromatic carbocycles. The molecule has 0 bridgehead atoms. The van der Waals surface area contributed by atoms with Gasteiger partial charge in [-0.15, -0.1) is 34.3 Å². The Balaban J connectivity index is 0.657. The second-order valence-electron chi connectivity index (χ2n) is 23.6. The van der Waals surface area contributed by atoms with E-state index >= 15 is 0 Å². The lowest BCUT2D eigenvalue weighted by Crippen LogP contribution is -2.51. The van der Waals surface area contributed by atoms with E-state index in [1.165, 1.54) is 44.6 Å². The molecule has 0 spiro atoms. The molecular weight excluding hydrogens is 1300 g/mol. The van der Waals surface area contributed by atoms with Crippen molar-refractivity contribution in [3.05, 3.63) is 87.1 Å². The van der Waals surface area contributed by atoms with E-state index < -0.39 is 35.9 Å². The van der Waals surface area contributed by atoms with E-state index in [1.54, 1.807) is 74.1 Å². The van der Waals surface area contributed by atoms with Crippen molar-refractivity contribution in [3.8, 4) is 11.5 Å². The number of aromatic hydroxyl groups is 1. The van der Waals surface area contributed by atoms with E-state index in [9.17, 15) is 48.3 Å². The van der Waals surface area contributed by atoms with Crippen LogP contribution in [-0.4, -0.2) is 218 Å². The summed E-state index contributed by atoms with van der Waals surface area (Å²) in [5.74, 6) is -2.01. The van der Waals surface area contributed by atoms with E-state index in [1.807, 2.05) is 24.6 Å². The number of rotatable bonds is 38. The van der Waals surface area contributed by atoms with Gasteiger partial charge in [0.15, 0.2) is 5.75 Å². The first-order valence-electron chi connectivity index (χ1n) is 31.9. The monoisotopic (exact) mass is 1390 g/mol. The summed E-state index contributed by atoms with van der Waals surface area (Å²) in [6, 6.07) is 9.08. The maximum absolute atomic E-state index is 13.9. The van der Waals surface area contributed by atoms with E-state index in [-0.39, 0.29) is 113 Å². The Morgan fingerprint density at radius 3 is 1.85 bits per heavy atom. The average molecular weight is 1390 g/mol. The minimum Gasteiger partial charge on any atom is -0.506 e. The van der Waals surface area contributed by atoms with Crippen LogP contribution in [-0.2, 0) is 79.7 Å². The van der Waals surface area contributed by atoms with Gasteiger partial charge in [0.05, 0.1) is 113 Å². The smallest absolute Gasteiger partial charge is 0.415 e. The number of carbonyl (C=O) groups is 9. The number of phenolic OH excluding ortho intramolecular Hbond substituents is 1. The molecule has 4 N–H and O–H groups in total. The zero-order chi connectivity index (χ0) is 68.8. The number of alkyl halides is 1. The van der Waals surface area contributed by atoms with Gasteiger partial charge in [-0.05, 0) is 83.3 Å². The first-order valence-corrected chi connectivity index (χ1v) is 34.2. The highest BCUT2D eigenvalue weighted by Crippen LogP contribution is 2.49. The summed E-state index contributed by atoms with van der Waals surface area (Å²) in [4.78, 5) is 123. The normalized spacial score (nSPS) is 14.4. The number of likely N-dealkylation sites (N-methyl/N-ethyl adjacent to an activating group) is 2. The minimum absolute atomic E-state index is 0.00540. The number of nitrogens with one attached hydrogen (secondary N) is 3. The fourth-order valence-corrected chi connectivity index (χ4v) is 13.3. The molecule has 26 nitrogen and oxygen atoms in total. The number of hydrogen-bond acceptors (Lipinski definition) is 20. The number of aryl methyl sites for hydroxylation is 2. The van der Waals surface area contributed by atoms with E-state index in [4.69, 9.17) is 49.5 Å². The summed E-state index contributed by atoms with van der Waals surface area (Å²) in [6.07, 6.45) is 2.34. The van der Waals surface area contributed by atoms with Crippen LogP contribution in [0.15, 0.2) is 59.3 Å². The number of ether oxygens (including phenoxy) is 8. The lowest BCUT2D eigenvalue weighted by Gasteiger charge is -2.23. The van der Waals surface area contributed by atoms with Crippen LogP contribution in [0.5, 0.6) is 11.5 Å². The molecule has 0 radical (unpaired) electrons. The molecule has 2 aromatic heterocycles. The Labute approximate surface area is 570 Å². The Morgan fingerprint density at radius 1 is 0.688 bits per heavy atom. The molecule has 5 heterocycles. The third kappa shape index (κ3) is 20.2. The van der Waals surface area contributed by atoms with Gasteiger partial charge in [0.1, 0.15) is 18.4 Å². The molecular formula is C67H85ClN8O18S2. The molecule has 1 unspecified atom stereocenters. The van der Waals surface area contributed by atoms with Gasteiger partial charge in [-0.1, -0.05) is 26.0 Å². The molecule has 8 rings (SSSR count). The highest BCUT2D eigenvalue weighted by Gasteiger charge is 2.36. The molecule has 3 aliphatic heterocycles. The van der Waals surface area contributed by atoms with E-state index in [0.717, 1.165) is 47.3 Å². The summed E-state index contributed by atoms with van der Waals surface area (Å²) < 4.78 is 45.9. The van der Waals surface area contributed by atoms with Crippen molar-refractivity contribution in [2.45, 2.75) is 78.4 Å². The van der Waals surface area contributed by atoms with E-state index in [0.29, 0.717) is 120 Å². The number of fused-ring (bicyclic) bond motifs is 6. The van der Waals surface area contributed by atoms with Crippen molar-refractivity contribution >= 4 is 125 Å². The SMILES string of the molecule is Cc1csc2c(OC(=O)N(C)CCN(C)C(=O)OCc3ccc(NC(=O)CNC(=O)C(NC(=O)CCOCCOCCOCCOCCOCCOCCN4C(=O)C=CC4=O)C(C)C)cc3)cc3c(c12)CCN3C(=O)CCCC(=O)N1C[C@@H](CCl)c2c1cc(O)c1scc(C)c21. The van der Waals surface area contributed by atoms with Crippen LogP contribution in [0.3, 0.4) is 0 Å². The van der Waals surface area contributed by atoms with Gasteiger partial charge in [0, 0.05) is 112 Å². The maximum atomic E-state index is 13.9. The molecule has 0 aliphatic carbocycles. The van der Waals surface area contributed by atoms with Crippen molar-refractivity contribution in [2.24, 2.45) is 5.92 Å². The number of nitrogens with zero attached hydrogens (tertiary/aromatic N) is 5. The van der Waals surface area contributed by atoms with Crippen molar-refractivity contribution in [1.29, 1.82) is 0 Å². The predicted molar refractivity (Wildman–Crippen MR) is 362 cm³/mol. The highest BCUT2D eigenvalue weighted by atomic mass is 35.5. The van der Waals surface area contributed by atoms with Gasteiger partial charge in [0.2, 0.25) is 29.5 Å². The number of halogens is 1. The number of amides is 9. The quantitative estimate of drug-likeness (QED) is 0.0173. The summed E-state index contributed by atoms with van der Waals surface area (Å²) in [5, 5.41) is 24.7. The van der Waals surface area contributed by atoms with Crippen LogP contribution in [0, 0.1) is 19.8 Å². The van der Waals surface area contributed by atoms with Crippen LogP contribution in [0.2, 0.25) is 0 Å². The number of phenols is 1. The minimum atomic E-state index is -0.899. The Morgan fingerprint density at radius 2 is 1.25 bits per heavy atom. The molecule has 520 valence electrons. The van der Waals surface area contributed by atoms with Crippen LogP contribution in [0.4, 0.5) is 26.7 Å². The molecule has 96 heavy (non-hydrogen) atoms. The molecule has 0 fully saturated rings. The lowest BCUT2D eigenvalue weighted by molar-refractivity contribution is -0.138. The Hall–Kier alpha value is -7.80. The van der Waals surface area contributed by atoms with Crippen LogP contribution in [0.25, 0.3) is 20.2 Å². The number of hydrogen-bond donors (Lipinski definition) is 4. The number of anilines is 3. The highest BCUT2D eigenvalue weighted by molar-refractivity contribution is 7.18. The zero-order valence-electron chi connectivity index (χ0n) is 55.0. The first kappa shape index (κ1) is 74.0. The largest absolute Gasteiger partial charge is 0.506 e. The van der Waals surface area contributed by atoms with E-state index in [2.05, 4.69) is 16.0 Å². The van der Waals surface area contributed by atoms with Gasteiger partial charge in [-0.3, -0.25) is 38.5 Å². The van der Waals surface area contributed by atoms with Crippen molar-refractivity contribution in [3.63, 3.8) is 0 Å². The average Bonchev–Trinajstić information content (AvgIpc) is 1.61.